The number of amides is 1. The van der Waals surface area contributed by atoms with Crippen molar-refractivity contribution in [3.05, 3.63) is 52.2 Å². The van der Waals surface area contributed by atoms with E-state index in [2.05, 4.69) is 5.10 Å². The summed E-state index contributed by atoms with van der Waals surface area (Å²) in [6, 6.07) is 3.25. The van der Waals surface area contributed by atoms with E-state index in [1.54, 1.807) is 19.3 Å². The lowest BCUT2D eigenvalue weighted by molar-refractivity contribution is 0.0721. The molecule has 1 unspecified atom stereocenters. The van der Waals surface area contributed by atoms with Crippen LogP contribution in [0.1, 0.15) is 28.8 Å². The van der Waals surface area contributed by atoms with Crippen LogP contribution in [0.15, 0.2) is 35.5 Å². The topological polar surface area (TPSA) is 60.1 Å². The van der Waals surface area contributed by atoms with Crippen molar-refractivity contribution in [3.8, 4) is 0 Å². The zero-order valence-corrected chi connectivity index (χ0v) is 12.9. The molecule has 0 bridgehead atoms. The quantitative estimate of drug-likeness (QED) is 0.855. The molecule has 2 aromatic heterocycles. The van der Waals surface area contributed by atoms with E-state index in [0.717, 1.165) is 24.9 Å². The first-order valence-corrected chi connectivity index (χ1v) is 7.51. The van der Waals surface area contributed by atoms with Gasteiger partial charge < -0.3 is 9.47 Å². The van der Waals surface area contributed by atoms with Crippen LogP contribution in [0.25, 0.3) is 0 Å². The van der Waals surface area contributed by atoms with Gasteiger partial charge in [0.05, 0.1) is 18.8 Å². The second kappa shape index (κ2) is 5.79. The Bertz CT molecular complexity index is 747. The van der Waals surface area contributed by atoms with E-state index < -0.39 is 0 Å². The lowest BCUT2D eigenvalue weighted by Crippen LogP contribution is -2.38. The fraction of sp³-hybridized carbons (Fsp3) is 0.438. The van der Waals surface area contributed by atoms with E-state index in [9.17, 15) is 9.59 Å². The Kier molecular flexibility index (Phi) is 3.83. The summed E-state index contributed by atoms with van der Waals surface area (Å²) < 4.78 is 3.35. The molecule has 116 valence electrons. The Morgan fingerprint density at radius 1 is 1.45 bits per heavy atom. The first-order valence-electron chi connectivity index (χ1n) is 7.51. The summed E-state index contributed by atoms with van der Waals surface area (Å²) in [7, 11) is 1.68. The van der Waals surface area contributed by atoms with Gasteiger partial charge in [-0.15, -0.1) is 0 Å². The van der Waals surface area contributed by atoms with Crippen molar-refractivity contribution in [1.29, 1.82) is 0 Å². The van der Waals surface area contributed by atoms with Crippen LogP contribution in [-0.2, 0) is 13.6 Å². The van der Waals surface area contributed by atoms with Crippen LogP contribution >= 0.6 is 0 Å². The number of carbonyl (C=O) groups excluding carboxylic acids is 1. The van der Waals surface area contributed by atoms with Gasteiger partial charge in [0, 0.05) is 37.6 Å². The van der Waals surface area contributed by atoms with Crippen LogP contribution < -0.4 is 5.56 Å². The Morgan fingerprint density at radius 3 is 2.95 bits per heavy atom. The Morgan fingerprint density at radius 2 is 2.27 bits per heavy atom. The van der Waals surface area contributed by atoms with Crippen LogP contribution in [0.5, 0.6) is 0 Å². The van der Waals surface area contributed by atoms with E-state index in [-0.39, 0.29) is 17.5 Å². The predicted octanol–water partition coefficient (Wildman–Crippen LogP) is 1.20. The lowest BCUT2D eigenvalue weighted by Gasteiger charge is -2.24. The number of hydrogen-bond donors (Lipinski definition) is 0. The number of hydrogen-bond acceptors (Lipinski definition) is 3. The number of pyridine rings is 1. The molecule has 6 heteroatoms. The van der Waals surface area contributed by atoms with Crippen LogP contribution in [0.4, 0.5) is 0 Å². The van der Waals surface area contributed by atoms with Gasteiger partial charge in [-0.25, -0.2) is 0 Å². The van der Waals surface area contributed by atoms with Gasteiger partial charge in [-0.05, 0) is 31.4 Å². The number of aryl methyl sites for hydroxylation is 2. The van der Waals surface area contributed by atoms with Crippen molar-refractivity contribution < 1.29 is 4.79 Å². The number of aromatic nitrogens is 3. The molecule has 1 saturated heterocycles. The zero-order chi connectivity index (χ0) is 15.7. The summed E-state index contributed by atoms with van der Waals surface area (Å²) in [6.45, 7) is 3.43. The SMILES string of the molecule is Cc1cnn(CC2CCCN2C(=O)c2ccn(C)c(=O)c2)c1. The minimum atomic E-state index is -0.163. The molecular weight excluding hydrogens is 280 g/mol. The van der Waals surface area contributed by atoms with E-state index in [4.69, 9.17) is 0 Å². The molecule has 3 heterocycles. The maximum atomic E-state index is 12.7. The molecule has 1 aliphatic rings. The average molecular weight is 300 g/mol. The summed E-state index contributed by atoms with van der Waals surface area (Å²) in [6.07, 6.45) is 7.40. The molecule has 0 radical (unpaired) electrons. The molecule has 0 aromatic carbocycles. The fourth-order valence-electron chi connectivity index (χ4n) is 2.92. The van der Waals surface area contributed by atoms with Gasteiger partial charge in [0.2, 0.25) is 0 Å². The molecule has 3 rings (SSSR count). The Labute approximate surface area is 129 Å². The number of carbonyl (C=O) groups is 1. The third-order valence-electron chi connectivity index (χ3n) is 4.15. The Balaban J connectivity index is 1.78. The number of likely N-dealkylation sites (tertiary alicyclic amines) is 1. The van der Waals surface area contributed by atoms with Crippen molar-refractivity contribution in [3.63, 3.8) is 0 Å². The molecule has 1 amide bonds. The van der Waals surface area contributed by atoms with Crippen LogP contribution in [0.3, 0.4) is 0 Å². The van der Waals surface area contributed by atoms with Gasteiger partial charge in [-0.1, -0.05) is 0 Å². The minimum absolute atomic E-state index is 0.0657. The highest BCUT2D eigenvalue weighted by molar-refractivity contribution is 5.94. The van der Waals surface area contributed by atoms with Crippen molar-refractivity contribution in [2.45, 2.75) is 32.4 Å². The molecule has 2 aromatic rings. The average Bonchev–Trinajstić information content (AvgIpc) is 3.11. The first kappa shape index (κ1) is 14.6. The maximum Gasteiger partial charge on any atom is 0.254 e. The maximum absolute atomic E-state index is 12.7. The number of rotatable bonds is 3. The molecule has 1 atom stereocenters. The van der Waals surface area contributed by atoms with Crippen LogP contribution in [-0.4, -0.2) is 37.7 Å². The highest BCUT2D eigenvalue weighted by Gasteiger charge is 2.30. The molecule has 1 fully saturated rings. The van der Waals surface area contributed by atoms with Crippen LogP contribution in [0.2, 0.25) is 0 Å². The van der Waals surface area contributed by atoms with Gasteiger partial charge in [0.1, 0.15) is 0 Å². The highest BCUT2D eigenvalue weighted by Crippen LogP contribution is 2.21. The zero-order valence-electron chi connectivity index (χ0n) is 12.9. The number of nitrogens with zero attached hydrogens (tertiary/aromatic N) is 4. The smallest absolute Gasteiger partial charge is 0.254 e. The fourth-order valence-corrected chi connectivity index (χ4v) is 2.92. The monoisotopic (exact) mass is 300 g/mol. The molecule has 0 spiro atoms. The highest BCUT2D eigenvalue weighted by atomic mass is 16.2. The van der Waals surface area contributed by atoms with E-state index in [0.29, 0.717) is 12.1 Å². The molecule has 6 nitrogen and oxygen atoms in total. The van der Waals surface area contributed by atoms with Gasteiger partial charge in [0.15, 0.2) is 0 Å². The van der Waals surface area contributed by atoms with E-state index >= 15 is 0 Å². The van der Waals surface area contributed by atoms with Crippen molar-refractivity contribution in [1.82, 2.24) is 19.2 Å². The summed E-state index contributed by atoms with van der Waals surface area (Å²) >= 11 is 0. The third-order valence-corrected chi connectivity index (χ3v) is 4.15. The van der Waals surface area contributed by atoms with Crippen molar-refractivity contribution in [2.24, 2.45) is 7.05 Å². The Hall–Kier alpha value is -2.37. The second-order valence-corrected chi connectivity index (χ2v) is 5.90. The largest absolute Gasteiger partial charge is 0.334 e. The molecule has 22 heavy (non-hydrogen) atoms. The van der Waals surface area contributed by atoms with Gasteiger partial charge in [0.25, 0.3) is 11.5 Å². The molecule has 0 aliphatic carbocycles. The van der Waals surface area contributed by atoms with Gasteiger partial charge in [-0.2, -0.15) is 5.10 Å². The van der Waals surface area contributed by atoms with Gasteiger partial charge in [-0.3, -0.25) is 14.3 Å². The predicted molar refractivity (Wildman–Crippen MR) is 82.7 cm³/mol. The van der Waals surface area contributed by atoms with Gasteiger partial charge >= 0.3 is 0 Å². The first-order chi connectivity index (χ1) is 10.5. The second-order valence-electron chi connectivity index (χ2n) is 5.90. The molecule has 0 saturated carbocycles. The van der Waals surface area contributed by atoms with Crippen LogP contribution in [0, 0.1) is 6.92 Å². The van der Waals surface area contributed by atoms with Crippen molar-refractivity contribution in [2.75, 3.05) is 6.54 Å². The standard InChI is InChI=1S/C16H20N4O2/c1-12-9-17-19(10-12)11-14-4-3-6-20(14)16(22)13-5-7-18(2)15(21)8-13/h5,7-10,14H,3-4,6,11H2,1-2H3. The lowest BCUT2D eigenvalue weighted by atomic mass is 10.2. The molecule has 1 aliphatic heterocycles. The summed E-state index contributed by atoms with van der Waals surface area (Å²) in [5.74, 6) is -0.0657. The molecule has 0 N–H and O–H groups in total. The van der Waals surface area contributed by atoms with Crippen molar-refractivity contribution >= 4 is 5.91 Å². The minimum Gasteiger partial charge on any atom is -0.334 e. The third kappa shape index (κ3) is 2.81. The summed E-state index contributed by atoms with van der Waals surface area (Å²) in [5.41, 5.74) is 1.42. The summed E-state index contributed by atoms with van der Waals surface area (Å²) in [5, 5.41) is 4.30. The van der Waals surface area contributed by atoms with E-state index in [1.807, 2.05) is 28.9 Å². The molecular formula is C16H20N4O2. The summed E-state index contributed by atoms with van der Waals surface area (Å²) in [4.78, 5) is 26.2. The van der Waals surface area contributed by atoms with E-state index in [1.165, 1.54) is 10.6 Å². The normalized spacial score (nSPS) is 17.9.